The molecule has 6 heteroatoms. The molecule has 1 amide bonds. The number of rotatable bonds is 5. The van der Waals surface area contributed by atoms with E-state index >= 15 is 0 Å². The number of amides is 1. The maximum absolute atomic E-state index is 12.8. The average molecular weight is 428 g/mol. The fourth-order valence-electron chi connectivity index (χ4n) is 2.76. The van der Waals surface area contributed by atoms with Crippen LogP contribution < -0.4 is 10.1 Å². The van der Waals surface area contributed by atoms with Gasteiger partial charge in [0.1, 0.15) is 5.75 Å². The van der Waals surface area contributed by atoms with Crippen LogP contribution in [-0.2, 0) is 4.74 Å². The summed E-state index contributed by atoms with van der Waals surface area (Å²) >= 11 is 3.53. The molecule has 0 aliphatic carbocycles. The molecule has 5 nitrogen and oxygen atoms in total. The SMILES string of the molecule is CCOC(=O)c1ccc(NC(=O)c2cc3ccccc3c(Br)c2OC)cc1. The summed E-state index contributed by atoms with van der Waals surface area (Å²) in [6, 6.07) is 16.1. The number of carbonyl (C=O) groups is 2. The molecule has 0 saturated carbocycles. The highest BCUT2D eigenvalue weighted by Crippen LogP contribution is 2.36. The lowest BCUT2D eigenvalue weighted by molar-refractivity contribution is 0.0526. The minimum absolute atomic E-state index is 0.304. The Labute approximate surface area is 165 Å². The molecule has 0 atom stereocenters. The van der Waals surface area contributed by atoms with Gasteiger partial charge in [0.15, 0.2) is 0 Å². The summed E-state index contributed by atoms with van der Waals surface area (Å²) in [7, 11) is 1.53. The van der Waals surface area contributed by atoms with Gasteiger partial charge in [-0.3, -0.25) is 4.79 Å². The minimum atomic E-state index is -0.393. The van der Waals surface area contributed by atoms with Gasteiger partial charge in [-0.1, -0.05) is 24.3 Å². The fourth-order valence-corrected chi connectivity index (χ4v) is 3.49. The van der Waals surface area contributed by atoms with Crippen molar-refractivity contribution in [1.82, 2.24) is 0 Å². The van der Waals surface area contributed by atoms with E-state index < -0.39 is 5.97 Å². The van der Waals surface area contributed by atoms with Gasteiger partial charge in [-0.25, -0.2) is 4.79 Å². The van der Waals surface area contributed by atoms with Crippen molar-refractivity contribution in [3.8, 4) is 5.75 Å². The van der Waals surface area contributed by atoms with Crippen LogP contribution in [0.1, 0.15) is 27.6 Å². The minimum Gasteiger partial charge on any atom is -0.495 e. The van der Waals surface area contributed by atoms with Crippen molar-refractivity contribution < 1.29 is 19.1 Å². The molecule has 1 N–H and O–H groups in total. The Morgan fingerprint density at radius 1 is 1.07 bits per heavy atom. The normalized spacial score (nSPS) is 10.5. The first-order valence-corrected chi connectivity index (χ1v) is 9.18. The van der Waals surface area contributed by atoms with E-state index in [1.807, 2.05) is 24.3 Å². The first kappa shape index (κ1) is 18.9. The predicted molar refractivity (Wildman–Crippen MR) is 109 cm³/mol. The molecule has 0 unspecified atom stereocenters. The monoisotopic (exact) mass is 427 g/mol. The van der Waals surface area contributed by atoms with E-state index in [0.29, 0.717) is 29.2 Å². The van der Waals surface area contributed by atoms with E-state index in [1.165, 1.54) is 7.11 Å². The van der Waals surface area contributed by atoms with E-state index in [-0.39, 0.29) is 5.91 Å². The van der Waals surface area contributed by atoms with Crippen LogP contribution in [0.5, 0.6) is 5.75 Å². The first-order chi connectivity index (χ1) is 13.0. The van der Waals surface area contributed by atoms with Gasteiger partial charge < -0.3 is 14.8 Å². The van der Waals surface area contributed by atoms with Crippen molar-refractivity contribution in [2.75, 3.05) is 19.0 Å². The zero-order valence-corrected chi connectivity index (χ0v) is 16.5. The topological polar surface area (TPSA) is 64.6 Å². The summed E-state index contributed by atoms with van der Waals surface area (Å²) in [6.45, 7) is 2.07. The van der Waals surface area contributed by atoms with Crippen molar-refractivity contribution in [3.05, 3.63) is 70.2 Å². The van der Waals surface area contributed by atoms with Crippen molar-refractivity contribution in [2.45, 2.75) is 6.92 Å². The first-order valence-electron chi connectivity index (χ1n) is 8.39. The summed E-state index contributed by atoms with van der Waals surface area (Å²) in [6.07, 6.45) is 0. The van der Waals surface area contributed by atoms with Crippen LogP contribution in [0, 0.1) is 0 Å². The summed E-state index contributed by atoms with van der Waals surface area (Å²) in [4.78, 5) is 24.5. The van der Waals surface area contributed by atoms with Gasteiger partial charge in [-0.05, 0) is 64.0 Å². The van der Waals surface area contributed by atoms with Gasteiger partial charge in [0.2, 0.25) is 0 Å². The van der Waals surface area contributed by atoms with Crippen LogP contribution in [-0.4, -0.2) is 25.6 Å². The van der Waals surface area contributed by atoms with Gasteiger partial charge in [0.05, 0.1) is 29.3 Å². The van der Waals surface area contributed by atoms with Gasteiger partial charge in [-0.15, -0.1) is 0 Å². The molecule has 0 aromatic heterocycles. The number of hydrogen-bond acceptors (Lipinski definition) is 4. The number of methoxy groups -OCH3 is 1. The van der Waals surface area contributed by atoms with Crippen LogP contribution in [0.15, 0.2) is 59.1 Å². The molecule has 0 heterocycles. The predicted octanol–water partition coefficient (Wildman–Crippen LogP) is 5.04. The Kier molecular flexibility index (Phi) is 5.76. The number of halogens is 1. The molecule has 138 valence electrons. The highest BCUT2D eigenvalue weighted by Gasteiger charge is 2.18. The number of esters is 1. The molecule has 0 bridgehead atoms. The molecule has 0 radical (unpaired) electrons. The Balaban J connectivity index is 1.89. The summed E-state index contributed by atoms with van der Waals surface area (Å²) in [5, 5.41) is 4.72. The summed E-state index contributed by atoms with van der Waals surface area (Å²) in [5.74, 6) is -0.230. The summed E-state index contributed by atoms with van der Waals surface area (Å²) < 4.78 is 11.1. The number of hydrogen-bond donors (Lipinski definition) is 1. The van der Waals surface area contributed by atoms with Crippen LogP contribution in [0.3, 0.4) is 0 Å². The molecule has 0 fully saturated rings. The zero-order chi connectivity index (χ0) is 19.4. The van der Waals surface area contributed by atoms with E-state index in [2.05, 4.69) is 21.2 Å². The largest absolute Gasteiger partial charge is 0.495 e. The second-order valence-corrected chi connectivity index (χ2v) is 6.54. The van der Waals surface area contributed by atoms with Crippen LogP contribution in [0.2, 0.25) is 0 Å². The smallest absolute Gasteiger partial charge is 0.338 e. The van der Waals surface area contributed by atoms with Crippen molar-refractivity contribution in [3.63, 3.8) is 0 Å². The number of carbonyl (C=O) groups excluding carboxylic acids is 2. The molecular weight excluding hydrogens is 410 g/mol. The lowest BCUT2D eigenvalue weighted by atomic mass is 10.0. The van der Waals surface area contributed by atoms with Crippen molar-refractivity contribution in [2.24, 2.45) is 0 Å². The molecule has 27 heavy (non-hydrogen) atoms. The second-order valence-electron chi connectivity index (χ2n) is 5.74. The zero-order valence-electron chi connectivity index (χ0n) is 14.9. The van der Waals surface area contributed by atoms with Crippen molar-refractivity contribution >= 4 is 44.3 Å². The molecule has 3 aromatic rings. The molecule has 3 rings (SSSR count). The molecule has 0 saturated heterocycles. The van der Waals surface area contributed by atoms with E-state index in [4.69, 9.17) is 9.47 Å². The fraction of sp³-hybridized carbons (Fsp3) is 0.143. The Morgan fingerprint density at radius 2 is 1.78 bits per heavy atom. The maximum Gasteiger partial charge on any atom is 0.338 e. The molecule has 3 aromatic carbocycles. The third kappa shape index (κ3) is 3.95. The van der Waals surface area contributed by atoms with Crippen LogP contribution >= 0.6 is 15.9 Å². The molecule has 0 spiro atoms. The second kappa shape index (κ2) is 8.22. The number of nitrogens with one attached hydrogen (secondary N) is 1. The van der Waals surface area contributed by atoms with E-state index in [0.717, 1.165) is 15.2 Å². The Hall–Kier alpha value is -2.86. The number of anilines is 1. The molecular formula is C21H18BrNO4. The molecule has 0 aliphatic heterocycles. The van der Waals surface area contributed by atoms with Crippen molar-refractivity contribution in [1.29, 1.82) is 0 Å². The highest BCUT2D eigenvalue weighted by molar-refractivity contribution is 9.10. The average Bonchev–Trinajstić information content (AvgIpc) is 2.68. The lowest BCUT2D eigenvalue weighted by Crippen LogP contribution is -2.14. The number of benzene rings is 3. The lowest BCUT2D eigenvalue weighted by Gasteiger charge is -2.13. The molecule has 0 aliphatic rings. The van der Waals surface area contributed by atoms with Gasteiger partial charge in [0.25, 0.3) is 5.91 Å². The maximum atomic E-state index is 12.8. The van der Waals surface area contributed by atoms with Gasteiger partial charge >= 0.3 is 5.97 Å². The Morgan fingerprint density at radius 3 is 2.44 bits per heavy atom. The standard InChI is InChI=1S/C21H18BrNO4/c1-3-27-21(25)13-8-10-15(11-9-13)23-20(24)17-12-14-6-4-5-7-16(14)18(22)19(17)26-2/h4-12H,3H2,1-2H3,(H,23,24). The third-order valence-corrected chi connectivity index (χ3v) is 4.83. The quantitative estimate of drug-likeness (QED) is 0.579. The van der Waals surface area contributed by atoms with E-state index in [1.54, 1.807) is 37.3 Å². The van der Waals surface area contributed by atoms with Crippen LogP contribution in [0.4, 0.5) is 5.69 Å². The third-order valence-electron chi connectivity index (χ3n) is 4.04. The number of ether oxygens (including phenoxy) is 2. The van der Waals surface area contributed by atoms with E-state index in [9.17, 15) is 9.59 Å². The number of fused-ring (bicyclic) bond motifs is 1. The van der Waals surface area contributed by atoms with Gasteiger partial charge in [-0.2, -0.15) is 0 Å². The Bertz CT molecular complexity index is 999. The van der Waals surface area contributed by atoms with Gasteiger partial charge in [0, 0.05) is 5.69 Å². The summed E-state index contributed by atoms with van der Waals surface area (Å²) in [5.41, 5.74) is 1.41. The van der Waals surface area contributed by atoms with Crippen LogP contribution in [0.25, 0.3) is 10.8 Å². The highest BCUT2D eigenvalue weighted by atomic mass is 79.9.